The molecule has 28 heavy (non-hydrogen) atoms. The van der Waals surface area contributed by atoms with Crippen molar-refractivity contribution in [3.05, 3.63) is 47.7 Å². The molecule has 0 N–H and O–H groups in total. The molecule has 9 heteroatoms. The highest BCUT2D eigenvalue weighted by atomic mass is 32.2. The number of benzene rings is 1. The van der Waals surface area contributed by atoms with E-state index in [2.05, 4.69) is 4.98 Å². The summed E-state index contributed by atoms with van der Waals surface area (Å²) in [6.45, 7) is 4.37. The van der Waals surface area contributed by atoms with Gasteiger partial charge in [0.1, 0.15) is 23.8 Å². The molecule has 3 aromatic rings. The maximum atomic E-state index is 12.4. The molecule has 0 bridgehead atoms. The third-order valence-corrected chi connectivity index (χ3v) is 6.25. The first-order valence-corrected chi connectivity index (χ1v) is 10.3. The Bertz CT molecular complexity index is 1110. The summed E-state index contributed by atoms with van der Waals surface area (Å²) in [6, 6.07) is 6.41. The predicted molar refractivity (Wildman–Crippen MR) is 103 cm³/mol. The predicted octanol–water partition coefficient (Wildman–Crippen LogP) is 2.96. The minimum atomic E-state index is -3.56. The molecule has 0 atom stereocenters. The van der Waals surface area contributed by atoms with Crippen LogP contribution in [0.1, 0.15) is 35.3 Å². The van der Waals surface area contributed by atoms with E-state index < -0.39 is 16.0 Å². The van der Waals surface area contributed by atoms with Gasteiger partial charge in [-0.1, -0.05) is 6.92 Å². The van der Waals surface area contributed by atoms with Gasteiger partial charge in [-0.05, 0) is 37.6 Å². The molecule has 0 radical (unpaired) electrons. The van der Waals surface area contributed by atoms with E-state index in [1.54, 1.807) is 31.2 Å². The summed E-state index contributed by atoms with van der Waals surface area (Å²) in [4.78, 5) is 16.9. The van der Waals surface area contributed by atoms with Gasteiger partial charge in [0, 0.05) is 20.6 Å². The van der Waals surface area contributed by atoms with E-state index in [0.29, 0.717) is 29.2 Å². The summed E-state index contributed by atoms with van der Waals surface area (Å²) in [7, 11) is -0.588. The highest BCUT2D eigenvalue weighted by molar-refractivity contribution is 7.89. The molecule has 0 saturated heterocycles. The number of aryl methyl sites for hydroxylation is 2. The van der Waals surface area contributed by atoms with E-state index in [1.807, 2.05) is 11.5 Å². The van der Waals surface area contributed by atoms with Crippen LogP contribution in [0.2, 0.25) is 0 Å². The molecule has 0 amide bonds. The second-order valence-electron chi connectivity index (χ2n) is 6.58. The molecule has 0 unspecified atom stereocenters. The highest BCUT2D eigenvalue weighted by Gasteiger charge is 2.20. The van der Waals surface area contributed by atoms with Crippen molar-refractivity contribution in [2.45, 2.75) is 38.3 Å². The molecule has 0 spiro atoms. The Kier molecular flexibility index (Phi) is 5.57. The monoisotopic (exact) mass is 405 g/mol. The average Bonchev–Trinajstić information content (AvgIpc) is 3.23. The normalized spacial score (nSPS) is 12.0. The molecule has 3 rings (SSSR count). The fourth-order valence-corrected chi connectivity index (χ4v) is 3.84. The fourth-order valence-electron chi connectivity index (χ4n) is 2.92. The van der Waals surface area contributed by atoms with E-state index >= 15 is 0 Å². The number of aromatic nitrogens is 2. The smallest absolute Gasteiger partial charge is 0.342 e. The van der Waals surface area contributed by atoms with Crippen LogP contribution >= 0.6 is 0 Å². The van der Waals surface area contributed by atoms with Crippen molar-refractivity contribution in [3.63, 3.8) is 0 Å². The second kappa shape index (κ2) is 7.76. The Labute approximate surface area is 163 Å². The zero-order valence-corrected chi connectivity index (χ0v) is 17.1. The number of furan rings is 1. The Morgan fingerprint density at radius 3 is 2.64 bits per heavy atom. The lowest BCUT2D eigenvalue weighted by molar-refractivity contribution is 0.0456. The van der Waals surface area contributed by atoms with Crippen molar-refractivity contribution >= 4 is 27.0 Å². The molecular weight excluding hydrogens is 382 g/mol. The lowest BCUT2D eigenvalue weighted by Crippen LogP contribution is -2.22. The second-order valence-corrected chi connectivity index (χ2v) is 8.74. The quantitative estimate of drug-likeness (QED) is 0.561. The summed E-state index contributed by atoms with van der Waals surface area (Å²) in [5.41, 5.74) is 1.71. The van der Waals surface area contributed by atoms with Crippen molar-refractivity contribution in [1.82, 2.24) is 13.9 Å². The molecule has 0 aliphatic rings. The molecule has 0 fully saturated rings. The number of carbonyl (C=O) groups excluding carboxylic acids is 1. The standard InChI is InChI=1S/C19H23N3O5S/c1-5-9-22-17-7-6-14(28(24,25)21(3)4)11-16(17)20-18(22)12-27-19(23)15-8-10-26-13(15)2/h6-8,10-11H,5,9,12H2,1-4H3. The summed E-state index contributed by atoms with van der Waals surface area (Å²) in [5.74, 6) is 0.563. The van der Waals surface area contributed by atoms with E-state index in [0.717, 1.165) is 16.2 Å². The number of imidazole rings is 1. The number of hydrogen-bond acceptors (Lipinski definition) is 6. The van der Waals surface area contributed by atoms with Gasteiger partial charge >= 0.3 is 5.97 Å². The fraction of sp³-hybridized carbons (Fsp3) is 0.368. The molecule has 150 valence electrons. The maximum Gasteiger partial charge on any atom is 0.342 e. The molecule has 2 aromatic heterocycles. The van der Waals surface area contributed by atoms with Crippen molar-refractivity contribution < 1.29 is 22.4 Å². The van der Waals surface area contributed by atoms with Gasteiger partial charge in [0.2, 0.25) is 10.0 Å². The third kappa shape index (κ3) is 3.67. The minimum Gasteiger partial charge on any atom is -0.469 e. The number of carbonyl (C=O) groups is 1. The van der Waals surface area contributed by atoms with Crippen LogP contribution in [-0.2, 0) is 27.9 Å². The van der Waals surface area contributed by atoms with Crippen molar-refractivity contribution in [2.24, 2.45) is 0 Å². The Morgan fingerprint density at radius 1 is 1.29 bits per heavy atom. The zero-order valence-electron chi connectivity index (χ0n) is 16.3. The van der Waals surface area contributed by atoms with E-state index in [9.17, 15) is 13.2 Å². The van der Waals surface area contributed by atoms with Gasteiger partial charge in [0.05, 0.1) is 22.2 Å². The van der Waals surface area contributed by atoms with Crippen molar-refractivity contribution in [1.29, 1.82) is 0 Å². The van der Waals surface area contributed by atoms with Crippen LogP contribution in [0.25, 0.3) is 11.0 Å². The number of ether oxygens (including phenoxy) is 1. The number of esters is 1. The van der Waals surface area contributed by atoms with Crippen molar-refractivity contribution in [3.8, 4) is 0 Å². The van der Waals surface area contributed by atoms with Crippen LogP contribution in [0.3, 0.4) is 0 Å². The SMILES string of the molecule is CCCn1c(COC(=O)c2ccoc2C)nc2cc(S(=O)(=O)N(C)C)ccc21. The van der Waals surface area contributed by atoms with E-state index in [1.165, 1.54) is 20.4 Å². The molecule has 0 saturated carbocycles. The van der Waals surface area contributed by atoms with E-state index in [4.69, 9.17) is 9.15 Å². The molecule has 8 nitrogen and oxygen atoms in total. The minimum absolute atomic E-state index is 0.0199. The van der Waals surface area contributed by atoms with Gasteiger partial charge in [0.15, 0.2) is 0 Å². The summed E-state index contributed by atoms with van der Waals surface area (Å²) in [6.07, 6.45) is 2.29. The highest BCUT2D eigenvalue weighted by Crippen LogP contribution is 2.23. The first-order chi connectivity index (χ1) is 13.3. The van der Waals surface area contributed by atoms with Gasteiger partial charge in [-0.25, -0.2) is 22.5 Å². The number of sulfonamides is 1. The van der Waals surface area contributed by atoms with Gasteiger partial charge in [0.25, 0.3) is 0 Å². The molecule has 2 heterocycles. The number of fused-ring (bicyclic) bond motifs is 1. The summed E-state index contributed by atoms with van der Waals surface area (Å²) in [5, 5.41) is 0. The van der Waals surface area contributed by atoms with Gasteiger partial charge < -0.3 is 13.7 Å². The molecular formula is C19H23N3O5S. The van der Waals surface area contributed by atoms with Gasteiger partial charge in [-0.2, -0.15) is 0 Å². The maximum absolute atomic E-state index is 12.4. The van der Waals surface area contributed by atoms with Crippen LogP contribution < -0.4 is 0 Å². The topological polar surface area (TPSA) is 94.6 Å². The number of rotatable bonds is 7. The van der Waals surface area contributed by atoms with Crippen LogP contribution in [0.4, 0.5) is 0 Å². The van der Waals surface area contributed by atoms with Crippen LogP contribution in [-0.4, -0.2) is 42.3 Å². The number of nitrogens with zero attached hydrogens (tertiary/aromatic N) is 3. The van der Waals surface area contributed by atoms with Gasteiger partial charge in [-0.15, -0.1) is 0 Å². The summed E-state index contributed by atoms with van der Waals surface area (Å²) >= 11 is 0. The average molecular weight is 405 g/mol. The lowest BCUT2D eigenvalue weighted by Gasteiger charge is -2.11. The molecule has 0 aliphatic carbocycles. The molecule has 0 aliphatic heterocycles. The van der Waals surface area contributed by atoms with E-state index in [-0.39, 0.29) is 11.5 Å². The third-order valence-electron chi connectivity index (χ3n) is 4.44. The Balaban J connectivity index is 1.94. The summed E-state index contributed by atoms with van der Waals surface area (Å²) < 4.78 is 38.4. The first-order valence-electron chi connectivity index (χ1n) is 8.88. The van der Waals surface area contributed by atoms with Crippen LogP contribution in [0.5, 0.6) is 0 Å². The Hall–Kier alpha value is -2.65. The number of hydrogen-bond donors (Lipinski definition) is 0. The van der Waals surface area contributed by atoms with Gasteiger partial charge in [-0.3, -0.25) is 0 Å². The van der Waals surface area contributed by atoms with Crippen molar-refractivity contribution in [2.75, 3.05) is 14.1 Å². The molecule has 1 aromatic carbocycles. The van der Waals surface area contributed by atoms with Crippen LogP contribution in [0.15, 0.2) is 39.8 Å². The Morgan fingerprint density at radius 2 is 2.04 bits per heavy atom. The largest absolute Gasteiger partial charge is 0.469 e. The zero-order chi connectivity index (χ0) is 20.5. The first kappa shape index (κ1) is 20.1. The van der Waals surface area contributed by atoms with Crippen LogP contribution in [0, 0.1) is 6.92 Å². The lowest BCUT2D eigenvalue weighted by atomic mass is 10.3.